The Morgan fingerprint density at radius 2 is 2.29 bits per heavy atom. The summed E-state index contributed by atoms with van der Waals surface area (Å²) in [5, 5.41) is 6.59. The van der Waals surface area contributed by atoms with Crippen molar-refractivity contribution in [3.8, 4) is 0 Å². The van der Waals surface area contributed by atoms with Gasteiger partial charge in [0.05, 0.1) is 37.1 Å². The highest BCUT2D eigenvalue weighted by molar-refractivity contribution is 7.94. The topological polar surface area (TPSA) is 90.3 Å². The van der Waals surface area contributed by atoms with Gasteiger partial charge in [-0.25, -0.2) is 0 Å². The molecule has 0 saturated carbocycles. The smallest absolute Gasteiger partial charge is 0.254 e. The standard InChI is InChI=1S/C9H14N4O3S/c1-10-9(14)7-5-11-13-4-3-12(6-8(7)13)17(2,15)16/h5H,3-4,6H2,1-2H3,(H-,10,14,15,16). The number of nitrogens with one attached hydrogen (secondary N) is 1. The second-order valence-corrected chi connectivity index (χ2v) is 5.89. The Kier molecular flexibility index (Phi) is 3.02. The summed E-state index contributed by atoms with van der Waals surface area (Å²) in [6.45, 7) is 1.06. The molecule has 1 unspecified atom stereocenters. The number of carbonyl (C=O) groups is 1. The van der Waals surface area contributed by atoms with Gasteiger partial charge in [-0.3, -0.25) is 9.48 Å². The fourth-order valence-corrected chi connectivity index (χ4v) is 2.60. The van der Waals surface area contributed by atoms with Crippen molar-refractivity contribution in [2.24, 2.45) is 0 Å². The maximum Gasteiger partial charge on any atom is 0.254 e. The predicted molar refractivity (Wildman–Crippen MR) is 60.8 cm³/mol. The number of amides is 1. The number of hydrogen-bond donors (Lipinski definition) is 1. The van der Waals surface area contributed by atoms with Crippen molar-refractivity contribution in [1.82, 2.24) is 19.4 Å². The number of aromatic nitrogens is 2. The van der Waals surface area contributed by atoms with Crippen molar-refractivity contribution >= 4 is 16.3 Å². The molecule has 0 radical (unpaired) electrons. The van der Waals surface area contributed by atoms with Crippen molar-refractivity contribution in [3.63, 3.8) is 0 Å². The van der Waals surface area contributed by atoms with Crippen LogP contribution in [0.3, 0.4) is 0 Å². The van der Waals surface area contributed by atoms with Crippen LogP contribution in [0.25, 0.3) is 0 Å². The zero-order valence-corrected chi connectivity index (χ0v) is 10.5. The van der Waals surface area contributed by atoms with Crippen LogP contribution < -0.4 is 5.32 Å². The minimum Gasteiger partial charge on any atom is -0.598 e. The summed E-state index contributed by atoms with van der Waals surface area (Å²) in [7, 11) is -1.70. The highest BCUT2D eigenvalue weighted by Crippen LogP contribution is 2.20. The Morgan fingerprint density at radius 1 is 1.59 bits per heavy atom. The van der Waals surface area contributed by atoms with E-state index in [1.54, 1.807) is 4.68 Å². The van der Waals surface area contributed by atoms with Gasteiger partial charge in [0.25, 0.3) is 5.91 Å². The molecule has 2 heterocycles. The molecule has 1 atom stereocenters. The van der Waals surface area contributed by atoms with E-state index in [9.17, 15) is 13.6 Å². The molecule has 0 aliphatic carbocycles. The van der Waals surface area contributed by atoms with Gasteiger partial charge in [0, 0.05) is 7.05 Å². The van der Waals surface area contributed by atoms with Crippen LogP contribution in [0.15, 0.2) is 6.20 Å². The van der Waals surface area contributed by atoms with E-state index in [1.807, 2.05) is 0 Å². The van der Waals surface area contributed by atoms with E-state index >= 15 is 0 Å². The minimum absolute atomic E-state index is 0.196. The van der Waals surface area contributed by atoms with E-state index < -0.39 is 10.4 Å². The van der Waals surface area contributed by atoms with Crippen molar-refractivity contribution in [3.05, 3.63) is 17.5 Å². The van der Waals surface area contributed by atoms with Gasteiger partial charge in [-0.1, -0.05) is 4.21 Å². The minimum atomic E-state index is -3.24. The molecule has 7 nitrogen and oxygen atoms in total. The lowest BCUT2D eigenvalue weighted by Crippen LogP contribution is -2.41. The average molecular weight is 258 g/mol. The molecule has 17 heavy (non-hydrogen) atoms. The third-order valence-electron chi connectivity index (χ3n) is 2.78. The molecular weight excluding hydrogens is 244 g/mol. The number of hydrogen-bond acceptors (Lipinski definition) is 4. The molecule has 2 rings (SSSR count). The van der Waals surface area contributed by atoms with Crippen molar-refractivity contribution in [1.29, 1.82) is 0 Å². The molecule has 1 aliphatic heterocycles. The summed E-state index contributed by atoms with van der Waals surface area (Å²) in [5.41, 5.74) is 1.07. The summed E-state index contributed by atoms with van der Waals surface area (Å²) in [6, 6.07) is 0. The second-order valence-electron chi connectivity index (χ2n) is 3.90. The van der Waals surface area contributed by atoms with Gasteiger partial charge in [-0.15, -0.1) is 4.31 Å². The largest absolute Gasteiger partial charge is 0.598 e. The van der Waals surface area contributed by atoms with E-state index in [0.717, 1.165) is 0 Å². The van der Waals surface area contributed by atoms with Crippen molar-refractivity contribution in [2.75, 3.05) is 19.8 Å². The molecule has 0 aromatic carbocycles. The molecule has 94 valence electrons. The SMILES string of the molecule is CNC(=O)c1cnn2c1CN([S+](C)(=O)[O-])CC2. The van der Waals surface area contributed by atoms with Crippen LogP contribution in [-0.2, 0) is 27.7 Å². The molecule has 8 heteroatoms. The van der Waals surface area contributed by atoms with Gasteiger partial charge in [0.1, 0.15) is 16.7 Å². The van der Waals surface area contributed by atoms with Gasteiger partial charge >= 0.3 is 0 Å². The van der Waals surface area contributed by atoms with Gasteiger partial charge in [0.15, 0.2) is 0 Å². The van der Waals surface area contributed by atoms with Crippen LogP contribution in [0.4, 0.5) is 0 Å². The first-order chi connectivity index (χ1) is 7.93. The number of fused-ring (bicyclic) bond motifs is 1. The molecule has 1 N–H and O–H groups in total. The first-order valence-corrected chi connectivity index (χ1v) is 7.00. The molecule has 0 saturated heterocycles. The monoisotopic (exact) mass is 258 g/mol. The van der Waals surface area contributed by atoms with Crippen molar-refractivity contribution in [2.45, 2.75) is 13.1 Å². The Labute approximate surface area is 100 Å². The van der Waals surface area contributed by atoms with Gasteiger partial charge in [-0.2, -0.15) is 5.10 Å². The lowest BCUT2D eigenvalue weighted by atomic mass is 10.2. The Balaban J connectivity index is 2.32. The Bertz CT molecular complexity index is 492. The maximum absolute atomic E-state index is 11.6. The molecule has 0 spiro atoms. The number of sulfonamides is 1. The molecule has 1 amide bonds. The summed E-state index contributed by atoms with van der Waals surface area (Å²) < 4.78 is 25.9. The van der Waals surface area contributed by atoms with Gasteiger partial charge < -0.3 is 9.87 Å². The summed E-state index contributed by atoms with van der Waals surface area (Å²) in [6.07, 6.45) is 2.64. The second kappa shape index (κ2) is 4.21. The fraction of sp³-hybridized carbons (Fsp3) is 0.556. The molecule has 1 aromatic rings. The number of nitrogens with zero attached hydrogens (tertiary/aromatic N) is 3. The van der Waals surface area contributed by atoms with Crippen LogP contribution in [0.1, 0.15) is 16.1 Å². The number of rotatable bonds is 2. The third kappa shape index (κ3) is 2.24. The number of carbonyl (C=O) groups excluding carboxylic acids is 1. The first kappa shape index (κ1) is 12.2. The molecular formula is C9H14N4O3S. The molecule has 1 aliphatic rings. The lowest BCUT2D eigenvalue weighted by Gasteiger charge is -2.29. The fourth-order valence-electron chi connectivity index (χ4n) is 1.83. The van der Waals surface area contributed by atoms with Crippen molar-refractivity contribution < 1.29 is 13.6 Å². The zero-order valence-electron chi connectivity index (χ0n) is 9.67. The van der Waals surface area contributed by atoms with Crippen LogP contribution in [0.2, 0.25) is 0 Å². The molecule has 0 bridgehead atoms. The normalized spacial score (nSPS) is 19.5. The van der Waals surface area contributed by atoms with Crippen LogP contribution in [-0.4, -0.2) is 44.4 Å². The van der Waals surface area contributed by atoms with Crippen LogP contribution in [0.5, 0.6) is 0 Å². The van der Waals surface area contributed by atoms with Gasteiger partial charge in [0.2, 0.25) is 0 Å². The highest BCUT2D eigenvalue weighted by atomic mass is 32.3. The molecule has 1 aromatic heterocycles. The zero-order chi connectivity index (χ0) is 12.6. The maximum atomic E-state index is 11.6. The highest BCUT2D eigenvalue weighted by Gasteiger charge is 2.30. The summed E-state index contributed by atoms with van der Waals surface area (Å²) in [5.74, 6) is -0.249. The van der Waals surface area contributed by atoms with E-state index in [2.05, 4.69) is 10.4 Å². The Hall–Kier alpha value is -1.25. The average Bonchev–Trinajstić information content (AvgIpc) is 2.69. The summed E-state index contributed by atoms with van der Waals surface area (Å²) in [4.78, 5) is 11.6. The van der Waals surface area contributed by atoms with Crippen LogP contribution >= 0.6 is 0 Å². The molecule has 0 fully saturated rings. The third-order valence-corrected chi connectivity index (χ3v) is 4.03. The van der Waals surface area contributed by atoms with E-state index in [1.165, 1.54) is 23.8 Å². The quantitative estimate of drug-likeness (QED) is 0.705. The van der Waals surface area contributed by atoms with E-state index in [4.69, 9.17) is 0 Å². The Morgan fingerprint density at radius 3 is 2.88 bits per heavy atom. The predicted octanol–water partition coefficient (Wildman–Crippen LogP) is -0.767. The lowest BCUT2D eigenvalue weighted by molar-refractivity contribution is 0.0960. The summed E-state index contributed by atoms with van der Waals surface area (Å²) >= 11 is 0. The van der Waals surface area contributed by atoms with Gasteiger partial charge in [-0.05, 0) is 0 Å². The van der Waals surface area contributed by atoms with Crippen LogP contribution in [0, 0.1) is 0 Å². The van der Waals surface area contributed by atoms with E-state index in [-0.39, 0.29) is 12.5 Å². The van der Waals surface area contributed by atoms with E-state index in [0.29, 0.717) is 24.3 Å². The first-order valence-electron chi connectivity index (χ1n) is 5.15.